The molecule has 4 heteroatoms. The number of halogens is 1. The van der Waals surface area contributed by atoms with Gasteiger partial charge in [0.25, 0.3) is 0 Å². The number of nitrogens with two attached hydrogens (primary N) is 1. The van der Waals surface area contributed by atoms with Gasteiger partial charge in [0.2, 0.25) is 0 Å². The molecule has 0 bridgehead atoms. The van der Waals surface area contributed by atoms with E-state index in [1.54, 1.807) is 0 Å². The van der Waals surface area contributed by atoms with Gasteiger partial charge in [0.15, 0.2) is 0 Å². The van der Waals surface area contributed by atoms with E-state index >= 15 is 0 Å². The van der Waals surface area contributed by atoms with E-state index in [-0.39, 0.29) is 30.5 Å². The lowest BCUT2D eigenvalue weighted by Gasteiger charge is -2.24. The maximum atomic E-state index is 7.82. The highest BCUT2D eigenvalue weighted by atomic mass is 35.5. The van der Waals surface area contributed by atoms with Crippen LogP contribution in [0.15, 0.2) is 12.1 Å². The van der Waals surface area contributed by atoms with Crippen LogP contribution in [-0.4, -0.2) is 20.8 Å². The number of ether oxygens (including phenoxy) is 2. The SMILES string of the molecule is Cl.[2H]C([2H])([2H])C(c1cc(OC)c(CCN)cc1OC)(C([2H])([2H])[2H])C([2H])([2H])[2H]. The third-order valence-electron chi connectivity index (χ3n) is 2.42. The molecule has 18 heavy (non-hydrogen) atoms. The van der Waals surface area contributed by atoms with Gasteiger partial charge in [-0.25, -0.2) is 0 Å². The lowest BCUT2D eigenvalue weighted by Crippen LogP contribution is -2.14. The molecule has 0 aliphatic rings. The van der Waals surface area contributed by atoms with E-state index in [2.05, 4.69) is 0 Å². The minimum atomic E-state index is -3.38. The minimum absolute atomic E-state index is 0. The van der Waals surface area contributed by atoms with Gasteiger partial charge >= 0.3 is 0 Å². The van der Waals surface area contributed by atoms with Gasteiger partial charge in [-0.15, -0.1) is 12.4 Å². The first-order valence-corrected chi connectivity index (χ1v) is 5.14. The van der Waals surface area contributed by atoms with Crippen LogP contribution in [0.2, 0.25) is 0 Å². The number of methoxy groups -OCH3 is 2. The Morgan fingerprint density at radius 2 is 1.78 bits per heavy atom. The molecular formula is C14H24ClNO2. The van der Waals surface area contributed by atoms with Crippen molar-refractivity contribution in [2.75, 3.05) is 20.8 Å². The van der Waals surface area contributed by atoms with Gasteiger partial charge in [0, 0.05) is 17.9 Å². The lowest BCUT2D eigenvalue weighted by atomic mass is 9.85. The molecule has 0 aromatic heterocycles. The fraction of sp³-hybridized carbons (Fsp3) is 0.571. The van der Waals surface area contributed by atoms with Crippen LogP contribution in [0.25, 0.3) is 0 Å². The van der Waals surface area contributed by atoms with E-state index < -0.39 is 31.5 Å². The molecule has 0 heterocycles. The molecule has 2 N–H and O–H groups in total. The van der Waals surface area contributed by atoms with Gasteiger partial charge in [-0.2, -0.15) is 0 Å². The third kappa shape index (κ3) is 3.79. The molecule has 0 fully saturated rings. The van der Waals surface area contributed by atoms with E-state index in [1.165, 1.54) is 20.3 Å². The predicted molar refractivity (Wildman–Crippen MR) is 78.3 cm³/mol. The van der Waals surface area contributed by atoms with Crippen LogP contribution in [0.5, 0.6) is 11.5 Å². The summed E-state index contributed by atoms with van der Waals surface area (Å²) in [7, 11) is 2.52. The Morgan fingerprint density at radius 3 is 2.22 bits per heavy atom. The summed E-state index contributed by atoms with van der Waals surface area (Å²) < 4.78 is 80.7. The van der Waals surface area contributed by atoms with Crippen LogP contribution >= 0.6 is 12.4 Å². The zero-order valence-electron chi connectivity index (χ0n) is 19.4. The average molecular weight is 283 g/mol. The Labute approximate surface area is 129 Å². The van der Waals surface area contributed by atoms with Crippen LogP contribution in [0.3, 0.4) is 0 Å². The molecule has 1 aromatic rings. The molecule has 0 amide bonds. The van der Waals surface area contributed by atoms with Crippen molar-refractivity contribution in [3.05, 3.63) is 23.3 Å². The average Bonchev–Trinajstić information content (AvgIpc) is 2.44. The molecular weight excluding hydrogens is 250 g/mol. The summed E-state index contributed by atoms with van der Waals surface area (Å²) in [5.41, 5.74) is 2.45. The largest absolute Gasteiger partial charge is 0.496 e. The molecule has 0 radical (unpaired) electrons. The van der Waals surface area contributed by atoms with Gasteiger partial charge in [-0.1, -0.05) is 20.6 Å². The second-order valence-corrected chi connectivity index (χ2v) is 3.65. The molecule has 0 spiro atoms. The zero-order valence-corrected chi connectivity index (χ0v) is 11.2. The number of hydrogen-bond donors (Lipinski definition) is 1. The minimum Gasteiger partial charge on any atom is -0.496 e. The van der Waals surface area contributed by atoms with Gasteiger partial charge in [0.1, 0.15) is 11.5 Å². The van der Waals surface area contributed by atoms with Crippen molar-refractivity contribution in [2.24, 2.45) is 5.73 Å². The number of hydrogen-bond acceptors (Lipinski definition) is 3. The quantitative estimate of drug-likeness (QED) is 0.923. The fourth-order valence-electron chi connectivity index (χ4n) is 1.60. The summed E-state index contributed by atoms with van der Waals surface area (Å²) in [6.45, 7) is -9.88. The summed E-state index contributed by atoms with van der Waals surface area (Å²) in [6, 6.07) is 2.49. The highest BCUT2D eigenvalue weighted by molar-refractivity contribution is 5.85. The monoisotopic (exact) mass is 282 g/mol. The smallest absolute Gasteiger partial charge is 0.123 e. The molecule has 0 aliphatic carbocycles. The zero-order chi connectivity index (χ0) is 20.6. The van der Waals surface area contributed by atoms with E-state index in [0.717, 1.165) is 6.07 Å². The van der Waals surface area contributed by atoms with Crippen molar-refractivity contribution >= 4 is 12.4 Å². The van der Waals surface area contributed by atoms with Crippen molar-refractivity contribution in [1.29, 1.82) is 0 Å². The van der Waals surface area contributed by atoms with E-state index in [0.29, 0.717) is 12.0 Å². The van der Waals surface area contributed by atoms with E-state index in [1.807, 2.05) is 0 Å². The topological polar surface area (TPSA) is 44.5 Å². The third-order valence-corrected chi connectivity index (χ3v) is 2.42. The second kappa shape index (κ2) is 6.86. The molecule has 1 rings (SSSR count). The van der Waals surface area contributed by atoms with Crippen molar-refractivity contribution in [1.82, 2.24) is 0 Å². The Kier molecular flexibility index (Phi) is 2.67. The molecule has 0 unspecified atom stereocenters. The van der Waals surface area contributed by atoms with Gasteiger partial charge < -0.3 is 15.2 Å². The molecule has 0 saturated heterocycles. The lowest BCUT2D eigenvalue weighted by molar-refractivity contribution is 0.385. The number of benzene rings is 1. The normalized spacial score (nSPS) is 20.3. The summed E-state index contributed by atoms with van der Waals surface area (Å²) in [5.74, 6) is -0.00833. The van der Waals surface area contributed by atoms with E-state index in [4.69, 9.17) is 27.5 Å². The first kappa shape index (κ1) is 7.01. The molecule has 1 aromatic carbocycles. The highest BCUT2D eigenvalue weighted by Crippen LogP contribution is 2.36. The first-order valence-electron chi connectivity index (χ1n) is 9.64. The molecule has 0 saturated carbocycles. The second-order valence-electron chi connectivity index (χ2n) is 3.65. The van der Waals surface area contributed by atoms with Gasteiger partial charge in [0.05, 0.1) is 14.2 Å². The molecule has 0 aliphatic heterocycles. The van der Waals surface area contributed by atoms with Gasteiger partial charge in [-0.05, 0) is 36.1 Å². The van der Waals surface area contributed by atoms with Crippen LogP contribution < -0.4 is 15.2 Å². The van der Waals surface area contributed by atoms with Crippen molar-refractivity contribution < 1.29 is 21.8 Å². The first-order chi connectivity index (χ1) is 11.7. The molecule has 3 nitrogen and oxygen atoms in total. The van der Waals surface area contributed by atoms with Crippen LogP contribution in [0.4, 0.5) is 0 Å². The summed E-state index contributed by atoms with van der Waals surface area (Å²) in [6.07, 6.45) is 0.349. The van der Waals surface area contributed by atoms with Crippen molar-refractivity contribution in [2.45, 2.75) is 32.4 Å². The fourth-order valence-corrected chi connectivity index (χ4v) is 1.60. The Bertz CT molecular complexity index is 605. The van der Waals surface area contributed by atoms with E-state index in [9.17, 15) is 0 Å². The number of rotatable bonds is 4. The maximum Gasteiger partial charge on any atom is 0.123 e. The van der Waals surface area contributed by atoms with Crippen LogP contribution in [-0.2, 0) is 11.8 Å². The predicted octanol–water partition coefficient (Wildman–Crippen LogP) is 2.92. The summed E-state index contributed by atoms with van der Waals surface area (Å²) in [5, 5.41) is 0. The summed E-state index contributed by atoms with van der Waals surface area (Å²) in [4.78, 5) is 0. The Morgan fingerprint density at radius 1 is 1.17 bits per heavy atom. The molecule has 104 valence electrons. The van der Waals surface area contributed by atoms with Crippen molar-refractivity contribution in [3.63, 3.8) is 0 Å². The van der Waals surface area contributed by atoms with Gasteiger partial charge in [-0.3, -0.25) is 0 Å². The molecule has 0 atom stereocenters. The maximum absolute atomic E-state index is 7.82. The Balaban J connectivity index is 0.00000676. The van der Waals surface area contributed by atoms with Crippen molar-refractivity contribution in [3.8, 4) is 11.5 Å². The van der Waals surface area contributed by atoms with Crippen LogP contribution in [0.1, 0.15) is 44.0 Å². The Hall–Kier alpha value is -0.930. The summed E-state index contributed by atoms with van der Waals surface area (Å²) >= 11 is 0. The standard InChI is InChI=1S/C14H23NO2.ClH/c1-14(2,3)11-9-12(16-4)10(6-7-15)8-13(11)17-5;/h8-9H,6-7,15H2,1-5H3;1H/i1D3,2D3,3D3;. The highest BCUT2D eigenvalue weighted by Gasteiger charge is 2.21. The van der Waals surface area contributed by atoms with Crippen LogP contribution in [0, 0.1) is 0 Å².